The van der Waals surface area contributed by atoms with Crippen LogP contribution in [0.5, 0.6) is 0 Å². The van der Waals surface area contributed by atoms with Crippen molar-refractivity contribution in [2.75, 3.05) is 32.7 Å². The number of carbonyl (C=O) groups excluding carboxylic acids is 1. The molecule has 2 fully saturated rings. The molecule has 4 aromatic carbocycles. The fourth-order valence-corrected chi connectivity index (χ4v) is 6.69. The zero-order valence-corrected chi connectivity index (χ0v) is 27.8. The van der Waals surface area contributed by atoms with Crippen molar-refractivity contribution in [2.45, 2.75) is 45.1 Å². The third kappa shape index (κ3) is 8.04. The maximum Gasteiger partial charge on any atom is 0.271 e. The van der Waals surface area contributed by atoms with Gasteiger partial charge in [0.05, 0.1) is 36.0 Å². The van der Waals surface area contributed by atoms with Crippen LogP contribution in [-0.4, -0.2) is 69.6 Å². The number of rotatable bonds is 10. The van der Waals surface area contributed by atoms with Gasteiger partial charge < -0.3 is 19.9 Å². The Hall–Kier alpha value is -4.51. The normalized spacial score (nSPS) is 21.8. The number of aliphatic hydroxyl groups is 1. The van der Waals surface area contributed by atoms with Crippen molar-refractivity contribution in [3.8, 4) is 0 Å². The molecule has 7 rings (SSSR count). The number of nitrogens with one attached hydrogen (secondary N) is 1. The lowest BCUT2D eigenvalue weighted by Crippen LogP contribution is -2.51. The van der Waals surface area contributed by atoms with E-state index in [2.05, 4.69) is 74.5 Å². The molecule has 9 nitrogen and oxygen atoms in total. The van der Waals surface area contributed by atoms with Crippen LogP contribution in [0, 0.1) is 5.92 Å². The highest BCUT2D eigenvalue weighted by Crippen LogP contribution is 2.42. The summed E-state index contributed by atoms with van der Waals surface area (Å²) < 4.78 is 13.4. The van der Waals surface area contributed by atoms with Crippen molar-refractivity contribution in [3.63, 3.8) is 0 Å². The maximum atomic E-state index is 12.8. The summed E-state index contributed by atoms with van der Waals surface area (Å²) in [6.07, 6.45) is 0.760. The van der Waals surface area contributed by atoms with Crippen LogP contribution in [0.1, 0.15) is 57.6 Å². The van der Waals surface area contributed by atoms with E-state index in [1.807, 2.05) is 60.7 Å². The fraction of sp³-hybridized carbons (Fsp3) is 0.325. The number of hydrogen-bond acceptors (Lipinski definition) is 8. The van der Waals surface area contributed by atoms with Crippen LogP contribution in [0.25, 0.3) is 11.0 Å². The van der Waals surface area contributed by atoms with E-state index < -0.39 is 6.29 Å². The molecule has 4 atom stereocenters. The monoisotopic (exact) mass is 657 g/mol. The summed E-state index contributed by atoms with van der Waals surface area (Å²) in [7, 11) is 0. The van der Waals surface area contributed by atoms with Gasteiger partial charge in [-0.3, -0.25) is 19.6 Å². The number of amides is 1. The highest BCUT2D eigenvalue weighted by molar-refractivity contribution is 5.93. The topological polar surface area (TPSA) is 100 Å². The number of aliphatic hydroxyl groups excluding tert-OH is 1. The van der Waals surface area contributed by atoms with Crippen LogP contribution in [0.15, 0.2) is 109 Å². The van der Waals surface area contributed by atoms with Gasteiger partial charge in [0, 0.05) is 57.3 Å². The lowest BCUT2D eigenvalue weighted by Gasteiger charge is -2.44. The van der Waals surface area contributed by atoms with Gasteiger partial charge >= 0.3 is 0 Å². The molecule has 2 N–H and O–H groups in total. The molecule has 5 aromatic rings. The molecule has 1 amide bonds. The van der Waals surface area contributed by atoms with Gasteiger partial charge in [-0.05, 0) is 34.4 Å². The zero-order chi connectivity index (χ0) is 33.6. The van der Waals surface area contributed by atoms with Crippen LogP contribution in [-0.2, 0) is 29.2 Å². The first kappa shape index (κ1) is 33.0. The van der Waals surface area contributed by atoms with Gasteiger partial charge in [0.15, 0.2) is 6.29 Å². The first-order valence-corrected chi connectivity index (χ1v) is 17.1. The van der Waals surface area contributed by atoms with Gasteiger partial charge in [-0.25, -0.2) is 4.98 Å². The first-order valence-electron chi connectivity index (χ1n) is 17.1. The zero-order valence-electron chi connectivity index (χ0n) is 27.8. The Morgan fingerprint density at radius 1 is 0.776 bits per heavy atom. The second-order valence-electron chi connectivity index (χ2n) is 13.1. The summed E-state index contributed by atoms with van der Waals surface area (Å²) in [5, 5.41) is 12.6. The molecule has 0 spiro atoms. The summed E-state index contributed by atoms with van der Waals surface area (Å²) in [6.45, 7) is 8.41. The largest absolute Gasteiger partial charge is 0.392 e. The molecule has 252 valence electrons. The first-order chi connectivity index (χ1) is 24.0. The average molecular weight is 658 g/mol. The Morgan fingerprint density at radius 3 is 2.16 bits per heavy atom. The Balaban J connectivity index is 1.01. The predicted molar refractivity (Wildman–Crippen MR) is 188 cm³/mol. The highest BCUT2D eigenvalue weighted by atomic mass is 16.7. The molecule has 0 aliphatic carbocycles. The van der Waals surface area contributed by atoms with E-state index in [-0.39, 0.29) is 36.3 Å². The van der Waals surface area contributed by atoms with E-state index in [1.54, 1.807) is 0 Å². The second kappa shape index (κ2) is 15.4. The number of carbonyl (C=O) groups is 1. The smallest absolute Gasteiger partial charge is 0.271 e. The molecule has 0 unspecified atom stereocenters. The molecule has 2 aliphatic heterocycles. The van der Waals surface area contributed by atoms with Gasteiger partial charge in [-0.15, -0.1) is 0 Å². The van der Waals surface area contributed by atoms with E-state index in [9.17, 15) is 9.90 Å². The number of ether oxygens (including phenoxy) is 2. The number of aromatic nitrogens is 2. The molecule has 3 heterocycles. The number of piperazine rings is 1. The SMILES string of the molecule is C[C@@H]1[C@H](CN2CCN(Cc3ccccc3)CC2)O[C@H](c2ccc(CNC(=O)c3cnc4ccccc4n3)cc2)O[C@@H]1c1ccc(CO)cc1. The van der Waals surface area contributed by atoms with E-state index in [0.717, 1.165) is 67.0 Å². The third-order valence-corrected chi connectivity index (χ3v) is 9.66. The number of para-hydroxylation sites is 2. The average Bonchev–Trinajstić information content (AvgIpc) is 3.16. The molecule has 1 aromatic heterocycles. The molecule has 9 heteroatoms. The van der Waals surface area contributed by atoms with Crippen LogP contribution < -0.4 is 5.32 Å². The second-order valence-corrected chi connectivity index (χ2v) is 13.1. The Kier molecular flexibility index (Phi) is 10.3. The molecule has 0 saturated carbocycles. The standard InChI is InChI=1S/C40H43N5O4/c1-28-37(26-45-21-19-44(20-22-45)25-30-7-3-2-4-8-30)48-40(49-38(28)32-15-13-31(27-46)14-16-32)33-17-11-29(12-18-33)23-42-39(47)36-24-41-34-9-5-6-10-35(34)43-36/h2-18,24,28,37-38,40,46H,19-23,25-27H2,1H3,(H,42,47)/t28-,37+,38+,40+/m1/s1. The Bertz CT molecular complexity index is 1830. The minimum Gasteiger partial charge on any atom is -0.392 e. The van der Waals surface area contributed by atoms with Crippen LogP contribution in [0.2, 0.25) is 0 Å². The Labute approximate surface area is 287 Å². The van der Waals surface area contributed by atoms with Gasteiger partial charge in [-0.2, -0.15) is 0 Å². The lowest BCUT2D eigenvalue weighted by molar-refractivity contribution is -0.276. The van der Waals surface area contributed by atoms with Crippen LogP contribution in [0.4, 0.5) is 0 Å². The van der Waals surface area contributed by atoms with Crippen molar-refractivity contribution in [2.24, 2.45) is 5.92 Å². The summed E-state index contributed by atoms with van der Waals surface area (Å²) in [5.74, 6) is -0.152. The van der Waals surface area contributed by atoms with Crippen molar-refractivity contribution in [1.29, 1.82) is 0 Å². The molecule has 0 bridgehead atoms. The third-order valence-electron chi connectivity index (χ3n) is 9.66. The number of fused-ring (bicyclic) bond motifs is 1. The van der Waals surface area contributed by atoms with E-state index in [0.29, 0.717) is 12.1 Å². The number of nitrogens with zero attached hydrogens (tertiary/aromatic N) is 4. The number of hydrogen-bond donors (Lipinski definition) is 2. The summed E-state index contributed by atoms with van der Waals surface area (Å²) in [4.78, 5) is 26.7. The van der Waals surface area contributed by atoms with Gasteiger partial charge in [0.2, 0.25) is 0 Å². The van der Waals surface area contributed by atoms with Crippen LogP contribution in [0.3, 0.4) is 0 Å². The van der Waals surface area contributed by atoms with Gasteiger partial charge in [0.25, 0.3) is 5.91 Å². The Morgan fingerprint density at radius 2 is 1.43 bits per heavy atom. The molecule has 0 radical (unpaired) electrons. The quantitative estimate of drug-likeness (QED) is 0.199. The lowest BCUT2D eigenvalue weighted by atomic mass is 9.90. The van der Waals surface area contributed by atoms with E-state index in [1.165, 1.54) is 11.8 Å². The summed E-state index contributed by atoms with van der Waals surface area (Å²) in [6, 6.07) is 34.2. The van der Waals surface area contributed by atoms with Gasteiger partial charge in [-0.1, -0.05) is 97.9 Å². The minimum atomic E-state index is -0.542. The summed E-state index contributed by atoms with van der Waals surface area (Å²) >= 11 is 0. The van der Waals surface area contributed by atoms with E-state index in [4.69, 9.17) is 9.47 Å². The maximum absolute atomic E-state index is 12.8. The summed E-state index contributed by atoms with van der Waals surface area (Å²) in [5.41, 5.74) is 6.91. The molecule has 49 heavy (non-hydrogen) atoms. The molecular weight excluding hydrogens is 614 g/mol. The van der Waals surface area contributed by atoms with Gasteiger partial charge in [0.1, 0.15) is 5.69 Å². The van der Waals surface area contributed by atoms with Crippen molar-refractivity contribution >= 4 is 16.9 Å². The fourth-order valence-electron chi connectivity index (χ4n) is 6.69. The van der Waals surface area contributed by atoms with Crippen molar-refractivity contribution in [1.82, 2.24) is 25.1 Å². The molecular formula is C40H43N5O4. The van der Waals surface area contributed by atoms with Crippen LogP contribution >= 0.6 is 0 Å². The molecule has 2 aliphatic rings. The van der Waals surface area contributed by atoms with Crippen molar-refractivity contribution in [3.05, 3.63) is 143 Å². The highest BCUT2D eigenvalue weighted by Gasteiger charge is 2.39. The van der Waals surface area contributed by atoms with Crippen molar-refractivity contribution < 1.29 is 19.4 Å². The predicted octanol–water partition coefficient (Wildman–Crippen LogP) is 5.66. The molecule has 2 saturated heterocycles. The number of benzene rings is 4. The minimum absolute atomic E-state index is 0.00836. The van der Waals surface area contributed by atoms with E-state index >= 15 is 0 Å².